The summed E-state index contributed by atoms with van der Waals surface area (Å²) < 4.78 is 11.4. The van der Waals surface area contributed by atoms with Crippen LogP contribution >= 0.6 is 0 Å². The Labute approximate surface area is 146 Å². The molecule has 5 heteroatoms. The minimum absolute atomic E-state index is 0.0282. The minimum atomic E-state index is -0.0282. The lowest BCUT2D eigenvalue weighted by Crippen LogP contribution is -2.34. The number of fused-ring (bicyclic) bond motifs is 2. The number of nitrogens with one attached hydrogen (secondary N) is 2. The van der Waals surface area contributed by atoms with Crippen molar-refractivity contribution < 1.29 is 14.6 Å². The number of H-pyrrole nitrogens is 1. The van der Waals surface area contributed by atoms with Crippen molar-refractivity contribution in [3.63, 3.8) is 0 Å². The van der Waals surface area contributed by atoms with E-state index in [1.54, 1.807) is 0 Å². The molecule has 0 saturated carbocycles. The first-order valence-corrected chi connectivity index (χ1v) is 8.62. The zero-order chi connectivity index (χ0) is 17.1. The second-order valence-electron chi connectivity index (χ2n) is 6.27. The summed E-state index contributed by atoms with van der Waals surface area (Å²) in [6.45, 7) is 1.86. The second kappa shape index (κ2) is 7.17. The summed E-state index contributed by atoms with van der Waals surface area (Å²) in [5.41, 5.74) is 3.38. The van der Waals surface area contributed by atoms with Crippen LogP contribution < -0.4 is 14.8 Å². The van der Waals surface area contributed by atoms with E-state index in [1.807, 2.05) is 36.5 Å². The molecule has 0 bridgehead atoms. The molecule has 0 aliphatic carbocycles. The van der Waals surface area contributed by atoms with Crippen molar-refractivity contribution in [3.05, 3.63) is 59.8 Å². The van der Waals surface area contributed by atoms with Crippen LogP contribution in [0.25, 0.3) is 10.9 Å². The molecular weight excluding hydrogens is 316 g/mol. The fraction of sp³-hybridized carbons (Fsp3) is 0.300. The third-order valence-electron chi connectivity index (χ3n) is 4.59. The summed E-state index contributed by atoms with van der Waals surface area (Å²) >= 11 is 0. The number of hydrogen-bond acceptors (Lipinski definition) is 4. The van der Waals surface area contributed by atoms with Gasteiger partial charge in [0.1, 0.15) is 13.2 Å². The molecule has 0 saturated heterocycles. The van der Waals surface area contributed by atoms with E-state index in [2.05, 4.69) is 22.4 Å². The predicted octanol–water partition coefficient (Wildman–Crippen LogP) is 2.63. The lowest BCUT2D eigenvalue weighted by molar-refractivity contribution is 0.169. The summed E-state index contributed by atoms with van der Waals surface area (Å²) in [5, 5.41) is 14.4. The third-order valence-corrected chi connectivity index (χ3v) is 4.59. The third kappa shape index (κ3) is 3.34. The Kier molecular flexibility index (Phi) is 4.59. The molecule has 0 unspecified atom stereocenters. The summed E-state index contributed by atoms with van der Waals surface area (Å²) in [6.07, 6.45) is 2.78. The van der Waals surface area contributed by atoms with Gasteiger partial charge in [0.25, 0.3) is 0 Å². The van der Waals surface area contributed by atoms with Crippen molar-refractivity contribution in [2.24, 2.45) is 0 Å². The Balaban J connectivity index is 1.46. The van der Waals surface area contributed by atoms with Crippen molar-refractivity contribution >= 4 is 10.9 Å². The first-order chi connectivity index (χ1) is 12.3. The summed E-state index contributed by atoms with van der Waals surface area (Å²) in [4.78, 5) is 3.29. The van der Waals surface area contributed by atoms with Gasteiger partial charge < -0.3 is 24.9 Å². The van der Waals surface area contributed by atoms with Crippen molar-refractivity contribution in [2.75, 3.05) is 19.8 Å². The topological polar surface area (TPSA) is 66.5 Å². The fourth-order valence-corrected chi connectivity index (χ4v) is 3.29. The zero-order valence-electron chi connectivity index (χ0n) is 14.0. The number of benzene rings is 2. The Bertz CT molecular complexity index is 859. The molecule has 5 nitrogen and oxygen atoms in total. The van der Waals surface area contributed by atoms with Crippen LogP contribution in [0.4, 0.5) is 0 Å². The minimum Gasteiger partial charge on any atom is -0.486 e. The molecule has 4 rings (SSSR count). The highest BCUT2D eigenvalue weighted by Crippen LogP contribution is 2.33. The normalized spacial score (nSPS) is 14.6. The van der Waals surface area contributed by atoms with Gasteiger partial charge in [0.05, 0.1) is 6.61 Å². The number of rotatable bonds is 6. The average molecular weight is 338 g/mol. The Morgan fingerprint density at radius 1 is 1.04 bits per heavy atom. The standard InChI is InChI=1S/C20H22N2O3/c23-13-16(10-15-12-22-18-6-2-1-5-17(15)18)21-11-14-4-3-7-19-20(14)25-9-8-24-19/h1-7,12,16,21-23H,8-11,13H2/t16-/m0/s1. The number of aromatic amines is 1. The fourth-order valence-electron chi connectivity index (χ4n) is 3.29. The van der Waals surface area contributed by atoms with E-state index in [1.165, 1.54) is 10.9 Å². The van der Waals surface area contributed by atoms with Crippen LogP contribution in [0.1, 0.15) is 11.1 Å². The monoisotopic (exact) mass is 338 g/mol. The van der Waals surface area contributed by atoms with Crippen molar-refractivity contribution in [1.82, 2.24) is 10.3 Å². The van der Waals surface area contributed by atoms with Crippen LogP contribution in [-0.2, 0) is 13.0 Å². The summed E-state index contributed by atoms with van der Waals surface area (Å²) in [5.74, 6) is 1.60. The molecular formula is C20H22N2O3. The molecule has 25 heavy (non-hydrogen) atoms. The maximum atomic E-state index is 9.78. The van der Waals surface area contributed by atoms with Gasteiger partial charge in [0, 0.05) is 35.2 Å². The predicted molar refractivity (Wildman–Crippen MR) is 97.1 cm³/mol. The number of aliphatic hydroxyl groups excluding tert-OH is 1. The van der Waals surface area contributed by atoms with Gasteiger partial charge in [0.2, 0.25) is 0 Å². The largest absolute Gasteiger partial charge is 0.486 e. The number of ether oxygens (including phenoxy) is 2. The van der Waals surface area contributed by atoms with Gasteiger partial charge in [-0.15, -0.1) is 0 Å². The highest BCUT2D eigenvalue weighted by molar-refractivity contribution is 5.83. The molecule has 1 aliphatic rings. The van der Waals surface area contributed by atoms with E-state index in [0.717, 1.165) is 29.0 Å². The molecule has 1 aliphatic heterocycles. The molecule has 0 spiro atoms. The molecule has 0 amide bonds. The van der Waals surface area contributed by atoms with E-state index in [4.69, 9.17) is 9.47 Å². The van der Waals surface area contributed by atoms with Crippen LogP contribution in [-0.4, -0.2) is 36.0 Å². The van der Waals surface area contributed by atoms with E-state index in [0.29, 0.717) is 19.8 Å². The quantitative estimate of drug-likeness (QED) is 0.646. The first-order valence-electron chi connectivity index (χ1n) is 8.62. The van der Waals surface area contributed by atoms with Crippen molar-refractivity contribution in [3.8, 4) is 11.5 Å². The number of aliphatic hydroxyl groups is 1. The van der Waals surface area contributed by atoms with Gasteiger partial charge >= 0.3 is 0 Å². The second-order valence-corrected chi connectivity index (χ2v) is 6.27. The van der Waals surface area contributed by atoms with E-state index >= 15 is 0 Å². The molecule has 1 atom stereocenters. The maximum Gasteiger partial charge on any atom is 0.165 e. The van der Waals surface area contributed by atoms with Crippen LogP contribution in [0.15, 0.2) is 48.7 Å². The van der Waals surface area contributed by atoms with Gasteiger partial charge in [-0.1, -0.05) is 30.3 Å². The van der Waals surface area contributed by atoms with Crippen molar-refractivity contribution in [2.45, 2.75) is 19.0 Å². The SMILES string of the molecule is OC[C@H](Cc1c[nH]c2ccccc12)NCc1cccc2c1OCCO2. The number of para-hydroxylation sites is 2. The molecule has 0 radical (unpaired) electrons. The molecule has 130 valence electrons. The summed E-state index contributed by atoms with van der Waals surface area (Å²) in [7, 11) is 0. The van der Waals surface area contributed by atoms with Gasteiger partial charge in [0.15, 0.2) is 11.5 Å². The number of hydrogen-bond donors (Lipinski definition) is 3. The lowest BCUT2D eigenvalue weighted by Gasteiger charge is -2.22. The highest BCUT2D eigenvalue weighted by Gasteiger charge is 2.17. The molecule has 3 aromatic rings. The maximum absolute atomic E-state index is 9.78. The highest BCUT2D eigenvalue weighted by atomic mass is 16.6. The average Bonchev–Trinajstić information content (AvgIpc) is 3.08. The van der Waals surface area contributed by atoms with Gasteiger partial charge in [-0.3, -0.25) is 0 Å². The molecule has 1 aromatic heterocycles. The summed E-state index contributed by atoms with van der Waals surface area (Å²) in [6, 6.07) is 14.1. The smallest absolute Gasteiger partial charge is 0.165 e. The molecule has 3 N–H and O–H groups in total. The van der Waals surface area contributed by atoms with Gasteiger partial charge in [-0.25, -0.2) is 0 Å². The van der Waals surface area contributed by atoms with Gasteiger partial charge in [-0.05, 0) is 24.1 Å². The zero-order valence-corrected chi connectivity index (χ0v) is 14.0. The first kappa shape index (κ1) is 16.0. The van der Waals surface area contributed by atoms with E-state index in [9.17, 15) is 5.11 Å². The van der Waals surface area contributed by atoms with Crippen LogP contribution in [0.5, 0.6) is 11.5 Å². The van der Waals surface area contributed by atoms with E-state index < -0.39 is 0 Å². The van der Waals surface area contributed by atoms with Crippen LogP contribution in [0.3, 0.4) is 0 Å². The number of aromatic nitrogens is 1. The van der Waals surface area contributed by atoms with Gasteiger partial charge in [-0.2, -0.15) is 0 Å². The van der Waals surface area contributed by atoms with Crippen molar-refractivity contribution in [1.29, 1.82) is 0 Å². The molecule has 2 aromatic carbocycles. The van der Waals surface area contributed by atoms with Crippen LogP contribution in [0.2, 0.25) is 0 Å². The molecule has 2 heterocycles. The Morgan fingerprint density at radius 3 is 2.84 bits per heavy atom. The Hall–Kier alpha value is -2.50. The van der Waals surface area contributed by atoms with E-state index in [-0.39, 0.29) is 12.6 Å². The van der Waals surface area contributed by atoms with Crippen LogP contribution in [0, 0.1) is 0 Å². The Morgan fingerprint density at radius 2 is 1.92 bits per heavy atom. The molecule has 0 fully saturated rings. The lowest BCUT2D eigenvalue weighted by atomic mass is 10.0.